The van der Waals surface area contributed by atoms with Gasteiger partial charge in [-0.1, -0.05) is 11.6 Å². The van der Waals surface area contributed by atoms with Crippen LogP contribution >= 0.6 is 23.4 Å². The molecule has 1 aliphatic heterocycles. The maximum atomic E-state index is 10.8. The van der Waals surface area contributed by atoms with Crippen LogP contribution in [0.1, 0.15) is 0 Å². The van der Waals surface area contributed by atoms with Gasteiger partial charge in [0.1, 0.15) is 5.69 Å². The van der Waals surface area contributed by atoms with Crippen molar-refractivity contribution < 1.29 is 4.92 Å². The third kappa shape index (κ3) is 2.35. The smallest absolute Gasteiger partial charge is 0.293 e. The van der Waals surface area contributed by atoms with E-state index in [9.17, 15) is 10.1 Å². The summed E-state index contributed by atoms with van der Waals surface area (Å²) in [7, 11) is 0. The highest BCUT2D eigenvalue weighted by Crippen LogP contribution is 2.30. The first-order chi connectivity index (χ1) is 7.16. The van der Waals surface area contributed by atoms with Crippen molar-refractivity contribution in [2.75, 3.05) is 16.8 Å². The SMILES string of the molecule is O=[N+]([O-])c1cc(Cl)ccc1NC1CSC1. The van der Waals surface area contributed by atoms with Gasteiger partial charge in [0.05, 0.1) is 4.92 Å². The summed E-state index contributed by atoms with van der Waals surface area (Å²) < 4.78 is 0. The van der Waals surface area contributed by atoms with Crippen molar-refractivity contribution in [3.63, 3.8) is 0 Å². The van der Waals surface area contributed by atoms with Gasteiger partial charge < -0.3 is 5.32 Å². The number of anilines is 1. The molecule has 0 spiro atoms. The van der Waals surface area contributed by atoms with Gasteiger partial charge in [0.2, 0.25) is 0 Å². The summed E-state index contributed by atoms with van der Waals surface area (Å²) >= 11 is 7.53. The van der Waals surface area contributed by atoms with Crippen molar-refractivity contribution in [2.45, 2.75) is 6.04 Å². The molecule has 2 rings (SSSR count). The number of halogens is 1. The highest BCUT2D eigenvalue weighted by Gasteiger charge is 2.22. The van der Waals surface area contributed by atoms with Gasteiger partial charge in [0, 0.05) is 28.6 Å². The van der Waals surface area contributed by atoms with E-state index < -0.39 is 4.92 Å². The molecule has 15 heavy (non-hydrogen) atoms. The summed E-state index contributed by atoms with van der Waals surface area (Å²) in [6, 6.07) is 5.02. The topological polar surface area (TPSA) is 55.2 Å². The molecule has 4 nitrogen and oxygen atoms in total. The predicted molar refractivity (Wildman–Crippen MR) is 62.8 cm³/mol. The predicted octanol–water partition coefficient (Wildman–Crippen LogP) is 2.78. The summed E-state index contributed by atoms with van der Waals surface area (Å²) in [5, 5.41) is 14.3. The number of nitrogens with zero attached hydrogens (tertiary/aromatic N) is 1. The lowest BCUT2D eigenvalue weighted by Crippen LogP contribution is -2.33. The zero-order valence-corrected chi connectivity index (χ0v) is 9.35. The van der Waals surface area contributed by atoms with E-state index in [2.05, 4.69) is 5.32 Å². The van der Waals surface area contributed by atoms with Gasteiger partial charge in [-0.2, -0.15) is 11.8 Å². The molecule has 1 heterocycles. The molecule has 1 aromatic carbocycles. The Morgan fingerprint density at radius 2 is 2.27 bits per heavy atom. The fraction of sp³-hybridized carbons (Fsp3) is 0.333. The lowest BCUT2D eigenvalue weighted by Gasteiger charge is -2.26. The molecule has 1 aliphatic rings. The van der Waals surface area contributed by atoms with Crippen LogP contribution in [0.2, 0.25) is 5.02 Å². The first-order valence-electron chi connectivity index (χ1n) is 4.45. The summed E-state index contributed by atoms with van der Waals surface area (Å²) in [6.07, 6.45) is 0. The maximum Gasteiger partial charge on any atom is 0.293 e. The maximum absolute atomic E-state index is 10.8. The highest BCUT2D eigenvalue weighted by atomic mass is 35.5. The minimum Gasteiger partial charge on any atom is -0.375 e. The van der Waals surface area contributed by atoms with Crippen LogP contribution in [-0.4, -0.2) is 22.5 Å². The Labute approximate surface area is 96.1 Å². The fourth-order valence-electron chi connectivity index (χ4n) is 1.32. The summed E-state index contributed by atoms with van der Waals surface area (Å²) in [4.78, 5) is 10.3. The van der Waals surface area contributed by atoms with Crippen LogP contribution < -0.4 is 5.32 Å². The first kappa shape index (κ1) is 10.6. The molecule has 80 valence electrons. The average Bonchev–Trinajstić information content (AvgIpc) is 2.12. The molecule has 0 atom stereocenters. The van der Waals surface area contributed by atoms with Gasteiger partial charge in [0.25, 0.3) is 5.69 Å². The number of nitrogens with one attached hydrogen (secondary N) is 1. The van der Waals surface area contributed by atoms with Crippen LogP contribution in [0.15, 0.2) is 18.2 Å². The van der Waals surface area contributed by atoms with Crippen LogP contribution in [0.5, 0.6) is 0 Å². The molecule has 1 aromatic rings. The third-order valence-electron chi connectivity index (χ3n) is 2.15. The van der Waals surface area contributed by atoms with Crippen LogP contribution in [0.4, 0.5) is 11.4 Å². The summed E-state index contributed by atoms with van der Waals surface area (Å²) in [6.45, 7) is 0. The number of benzene rings is 1. The molecule has 0 aromatic heterocycles. The molecule has 1 N–H and O–H groups in total. The Balaban J connectivity index is 2.23. The standard InChI is InChI=1S/C9H9ClN2O2S/c10-6-1-2-8(9(3-6)12(13)14)11-7-4-15-5-7/h1-3,7,11H,4-5H2. The lowest BCUT2D eigenvalue weighted by atomic mass is 10.2. The van der Waals surface area contributed by atoms with Gasteiger partial charge in [-0.15, -0.1) is 0 Å². The van der Waals surface area contributed by atoms with E-state index in [0.717, 1.165) is 11.5 Å². The van der Waals surface area contributed by atoms with Gasteiger partial charge in [-0.05, 0) is 12.1 Å². The van der Waals surface area contributed by atoms with Crippen LogP contribution in [-0.2, 0) is 0 Å². The van der Waals surface area contributed by atoms with Crippen molar-refractivity contribution in [2.24, 2.45) is 0 Å². The molecule has 0 aliphatic carbocycles. The number of thioether (sulfide) groups is 1. The second-order valence-corrected chi connectivity index (χ2v) is 4.81. The Kier molecular flexibility index (Phi) is 3.02. The number of hydrogen-bond donors (Lipinski definition) is 1. The monoisotopic (exact) mass is 244 g/mol. The normalized spacial score (nSPS) is 15.8. The molecule has 6 heteroatoms. The van der Waals surface area contributed by atoms with E-state index in [1.165, 1.54) is 6.07 Å². The van der Waals surface area contributed by atoms with Crippen LogP contribution in [0.25, 0.3) is 0 Å². The minimum atomic E-state index is -0.417. The molecule has 0 unspecified atom stereocenters. The summed E-state index contributed by atoms with van der Waals surface area (Å²) in [5.74, 6) is 2.00. The van der Waals surface area contributed by atoms with E-state index in [-0.39, 0.29) is 5.69 Å². The van der Waals surface area contributed by atoms with E-state index in [1.807, 2.05) is 11.8 Å². The molecule has 0 saturated carbocycles. The second kappa shape index (κ2) is 4.28. The number of rotatable bonds is 3. The van der Waals surface area contributed by atoms with Crippen LogP contribution in [0.3, 0.4) is 0 Å². The van der Waals surface area contributed by atoms with E-state index in [1.54, 1.807) is 12.1 Å². The van der Waals surface area contributed by atoms with Crippen molar-refractivity contribution >= 4 is 34.7 Å². The third-order valence-corrected chi connectivity index (χ3v) is 3.67. The largest absolute Gasteiger partial charge is 0.375 e. The molecule has 1 saturated heterocycles. The average molecular weight is 245 g/mol. The number of hydrogen-bond acceptors (Lipinski definition) is 4. The van der Waals surface area contributed by atoms with E-state index in [0.29, 0.717) is 16.8 Å². The second-order valence-electron chi connectivity index (χ2n) is 3.30. The van der Waals surface area contributed by atoms with Gasteiger partial charge in [-0.3, -0.25) is 10.1 Å². The number of nitro groups is 1. The van der Waals surface area contributed by atoms with Crippen LogP contribution in [0, 0.1) is 10.1 Å². The molecule has 0 amide bonds. The molecule has 0 radical (unpaired) electrons. The van der Waals surface area contributed by atoms with Gasteiger partial charge in [0.15, 0.2) is 0 Å². The van der Waals surface area contributed by atoms with Crippen molar-refractivity contribution in [1.29, 1.82) is 0 Å². The Hall–Kier alpha value is -0.940. The number of nitro benzene ring substituents is 1. The molecular formula is C9H9ClN2O2S. The lowest BCUT2D eigenvalue weighted by molar-refractivity contribution is -0.384. The zero-order valence-electron chi connectivity index (χ0n) is 7.77. The minimum absolute atomic E-state index is 0.0411. The van der Waals surface area contributed by atoms with Crippen molar-refractivity contribution in [1.82, 2.24) is 0 Å². The fourth-order valence-corrected chi connectivity index (χ4v) is 2.12. The van der Waals surface area contributed by atoms with Gasteiger partial charge >= 0.3 is 0 Å². The Bertz CT molecular complexity index is 396. The molecule has 0 bridgehead atoms. The zero-order chi connectivity index (χ0) is 10.8. The molecular weight excluding hydrogens is 236 g/mol. The van der Waals surface area contributed by atoms with Crippen molar-refractivity contribution in [3.8, 4) is 0 Å². The quantitative estimate of drug-likeness (QED) is 0.656. The summed E-state index contributed by atoms with van der Waals surface area (Å²) in [5.41, 5.74) is 0.592. The van der Waals surface area contributed by atoms with E-state index >= 15 is 0 Å². The Morgan fingerprint density at radius 1 is 1.53 bits per heavy atom. The first-order valence-corrected chi connectivity index (χ1v) is 5.98. The van der Waals surface area contributed by atoms with E-state index in [4.69, 9.17) is 11.6 Å². The molecule has 1 fully saturated rings. The van der Waals surface area contributed by atoms with Gasteiger partial charge in [-0.25, -0.2) is 0 Å². The highest BCUT2D eigenvalue weighted by molar-refractivity contribution is 8.00. The van der Waals surface area contributed by atoms with Crippen molar-refractivity contribution in [3.05, 3.63) is 33.3 Å². The Morgan fingerprint density at radius 3 is 2.80 bits per heavy atom.